The number of phenolic OH excluding ortho intramolecular Hbond substituents is 1. The van der Waals surface area contributed by atoms with Gasteiger partial charge in [-0.1, -0.05) is 0 Å². The molecule has 0 unspecified atom stereocenters. The van der Waals surface area contributed by atoms with Gasteiger partial charge in [0.1, 0.15) is 10.6 Å². The number of nitrogens with two attached hydrogens (primary N) is 1. The molecule has 1 aromatic carbocycles. The first-order valence-electron chi connectivity index (χ1n) is 5.17. The SMILES string of the molecule is Cc1sc(Br)cc1S(=O)(=O)Nc1ccc(O)cc1N. The number of hydrogen-bond donors (Lipinski definition) is 3. The van der Waals surface area contributed by atoms with Crippen LogP contribution >= 0.6 is 27.3 Å². The summed E-state index contributed by atoms with van der Waals surface area (Å²) in [6.07, 6.45) is 0. The topological polar surface area (TPSA) is 92.4 Å². The fourth-order valence-electron chi connectivity index (χ4n) is 1.54. The van der Waals surface area contributed by atoms with Gasteiger partial charge in [-0.05, 0) is 41.1 Å². The predicted molar refractivity (Wildman–Crippen MR) is 80.1 cm³/mol. The summed E-state index contributed by atoms with van der Waals surface area (Å²) in [6, 6.07) is 5.61. The van der Waals surface area contributed by atoms with Gasteiger partial charge in [-0.25, -0.2) is 8.42 Å². The first kappa shape index (κ1) is 14.2. The van der Waals surface area contributed by atoms with Crippen LogP contribution in [-0.4, -0.2) is 13.5 Å². The molecule has 0 saturated carbocycles. The third-order valence-corrected chi connectivity index (χ3v) is 5.59. The molecule has 0 saturated heterocycles. The van der Waals surface area contributed by atoms with Crippen molar-refractivity contribution in [2.24, 2.45) is 0 Å². The van der Waals surface area contributed by atoms with E-state index in [1.165, 1.54) is 29.5 Å². The molecular formula is C11H11BrN2O3S2. The number of sulfonamides is 1. The lowest BCUT2D eigenvalue weighted by Crippen LogP contribution is -2.14. The Kier molecular flexibility index (Phi) is 3.75. The summed E-state index contributed by atoms with van der Waals surface area (Å²) in [4.78, 5) is 0.883. The number of nitrogens with one attached hydrogen (secondary N) is 1. The zero-order valence-corrected chi connectivity index (χ0v) is 13.1. The van der Waals surface area contributed by atoms with Crippen molar-refractivity contribution in [2.75, 3.05) is 10.5 Å². The van der Waals surface area contributed by atoms with Crippen LogP contribution in [-0.2, 0) is 10.0 Å². The van der Waals surface area contributed by atoms with E-state index in [1.54, 1.807) is 13.0 Å². The van der Waals surface area contributed by atoms with E-state index in [1.807, 2.05) is 0 Å². The number of aryl methyl sites for hydroxylation is 1. The van der Waals surface area contributed by atoms with Gasteiger partial charge in [-0.3, -0.25) is 4.72 Å². The average molecular weight is 363 g/mol. The van der Waals surface area contributed by atoms with Crippen molar-refractivity contribution in [1.29, 1.82) is 0 Å². The van der Waals surface area contributed by atoms with Crippen LogP contribution in [0.5, 0.6) is 5.75 Å². The van der Waals surface area contributed by atoms with E-state index >= 15 is 0 Å². The number of anilines is 2. The Balaban J connectivity index is 2.39. The highest BCUT2D eigenvalue weighted by Gasteiger charge is 2.20. The van der Waals surface area contributed by atoms with Crippen LogP contribution in [0.25, 0.3) is 0 Å². The zero-order chi connectivity index (χ0) is 14.2. The fraction of sp³-hybridized carbons (Fsp3) is 0.0909. The van der Waals surface area contributed by atoms with Gasteiger partial charge >= 0.3 is 0 Å². The Morgan fingerprint density at radius 1 is 1.37 bits per heavy atom. The van der Waals surface area contributed by atoms with Crippen LogP contribution < -0.4 is 10.5 Å². The van der Waals surface area contributed by atoms with Gasteiger partial charge in [0, 0.05) is 10.9 Å². The Labute approximate surface area is 123 Å². The van der Waals surface area contributed by atoms with Gasteiger partial charge in [0.05, 0.1) is 15.2 Å². The largest absolute Gasteiger partial charge is 0.508 e. The number of nitrogen functional groups attached to an aromatic ring is 1. The van der Waals surface area contributed by atoms with Gasteiger partial charge in [0.15, 0.2) is 0 Å². The Morgan fingerprint density at radius 2 is 2.05 bits per heavy atom. The van der Waals surface area contributed by atoms with Crippen LogP contribution in [0.2, 0.25) is 0 Å². The molecule has 0 aliphatic carbocycles. The van der Waals surface area contributed by atoms with E-state index in [-0.39, 0.29) is 22.0 Å². The van der Waals surface area contributed by atoms with Crippen molar-refractivity contribution in [1.82, 2.24) is 0 Å². The molecule has 8 heteroatoms. The molecule has 102 valence electrons. The molecule has 2 aromatic rings. The first-order valence-corrected chi connectivity index (χ1v) is 8.26. The molecule has 4 N–H and O–H groups in total. The van der Waals surface area contributed by atoms with E-state index in [2.05, 4.69) is 20.7 Å². The first-order chi connectivity index (χ1) is 8.79. The molecule has 0 atom stereocenters. The smallest absolute Gasteiger partial charge is 0.263 e. The summed E-state index contributed by atoms with van der Waals surface area (Å²) < 4.78 is 27.6. The van der Waals surface area contributed by atoms with Crippen LogP contribution in [0.3, 0.4) is 0 Å². The average Bonchev–Trinajstić information content (AvgIpc) is 2.63. The van der Waals surface area contributed by atoms with E-state index in [0.717, 1.165) is 3.79 Å². The minimum Gasteiger partial charge on any atom is -0.508 e. The molecule has 1 heterocycles. The number of hydrogen-bond acceptors (Lipinski definition) is 5. The molecule has 2 rings (SSSR count). The minimum atomic E-state index is -3.69. The second kappa shape index (κ2) is 5.03. The monoisotopic (exact) mass is 362 g/mol. The Morgan fingerprint density at radius 3 is 2.58 bits per heavy atom. The molecule has 0 spiro atoms. The second-order valence-electron chi connectivity index (χ2n) is 3.85. The summed E-state index contributed by atoms with van der Waals surface area (Å²) in [5.74, 6) is -0.0186. The van der Waals surface area contributed by atoms with E-state index in [9.17, 15) is 13.5 Å². The third-order valence-electron chi connectivity index (χ3n) is 2.41. The van der Waals surface area contributed by atoms with Crippen molar-refractivity contribution < 1.29 is 13.5 Å². The van der Waals surface area contributed by atoms with E-state index in [0.29, 0.717) is 4.88 Å². The molecule has 0 aliphatic heterocycles. The van der Waals surface area contributed by atoms with Gasteiger partial charge in [-0.2, -0.15) is 0 Å². The highest BCUT2D eigenvalue weighted by molar-refractivity contribution is 9.11. The second-order valence-corrected chi connectivity index (χ2v) is 8.13. The highest BCUT2D eigenvalue weighted by atomic mass is 79.9. The maximum absolute atomic E-state index is 12.2. The maximum atomic E-state index is 12.2. The number of benzene rings is 1. The van der Waals surface area contributed by atoms with Crippen LogP contribution in [0, 0.1) is 6.92 Å². The molecular weight excluding hydrogens is 352 g/mol. The van der Waals surface area contributed by atoms with Crippen molar-refractivity contribution in [3.8, 4) is 5.75 Å². The van der Waals surface area contributed by atoms with Crippen LogP contribution in [0.15, 0.2) is 32.9 Å². The van der Waals surface area contributed by atoms with Crippen LogP contribution in [0.1, 0.15) is 4.88 Å². The van der Waals surface area contributed by atoms with Gasteiger partial charge in [-0.15, -0.1) is 11.3 Å². The molecule has 0 aliphatic rings. The number of thiophene rings is 1. The lowest BCUT2D eigenvalue weighted by atomic mass is 10.2. The highest BCUT2D eigenvalue weighted by Crippen LogP contribution is 2.32. The number of aromatic hydroxyl groups is 1. The van der Waals surface area contributed by atoms with Gasteiger partial charge in [0.25, 0.3) is 10.0 Å². The van der Waals surface area contributed by atoms with Gasteiger partial charge in [0.2, 0.25) is 0 Å². The van der Waals surface area contributed by atoms with Crippen molar-refractivity contribution in [3.63, 3.8) is 0 Å². The number of halogens is 1. The summed E-state index contributed by atoms with van der Waals surface area (Å²) in [7, 11) is -3.69. The summed E-state index contributed by atoms with van der Waals surface area (Å²) >= 11 is 4.59. The molecule has 0 amide bonds. The van der Waals surface area contributed by atoms with E-state index in [4.69, 9.17) is 5.73 Å². The number of phenols is 1. The Hall–Kier alpha value is -1.25. The predicted octanol–water partition coefficient (Wildman–Crippen LogP) is 2.91. The number of rotatable bonds is 3. The van der Waals surface area contributed by atoms with Crippen molar-refractivity contribution >= 4 is 48.7 Å². The third kappa shape index (κ3) is 3.02. The van der Waals surface area contributed by atoms with Crippen LogP contribution in [0.4, 0.5) is 11.4 Å². The molecule has 0 radical (unpaired) electrons. The normalized spacial score (nSPS) is 11.5. The molecule has 0 fully saturated rings. The Bertz CT molecular complexity index is 726. The lowest BCUT2D eigenvalue weighted by molar-refractivity contribution is 0.475. The minimum absolute atomic E-state index is 0.0186. The molecule has 5 nitrogen and oxygen atoms in total. The quantitative estimate of drug-likeness (QED) is 0.578. The lowest BCUT2D eigenvalue weighted by Gasteiger charge is -2.10. The maximum Gasteiger partial charge on any atom is 0.263 e. The summed E-state index contributed by atoms with van der Waals surface area (Å²) in [6.45, 7) is 1.73. The molecule has 1 aromatic heterocycles. The van der Waals surface area contributed by atoms with E-state index < -0.39 is 10.0 Å². The standard InChI is InChI=1S/C11H11BrN2O3S2/c1-6-10(5-11(12)18-6)19(16,17)14-9-3-2-7(15)4-8(9)13/h2-5,14-15H,13H2,1H3. The summed E-state index contributed by atoms with van der Waals surface area (Å²) in [5, 5.41) is 9.24. The zero-order valence-electron chi connectivity index (χ0n) is 9.84. The molecule has 0 bridgehead atoms. The van der Waals surface area contributed by atoms with Crippen molar-refractivity contribution in [2.45, 2.75) is 11.8 Å². The van der Waals surface area contributed by atoms with Crippen molar-refractivity contribution in [3.05, 3.63) is 32.9 Å². The fourth-order valence-corrected chi connectivity index (χ4v) is 5.04. The van der Waals surface area contributed by atoms with Gasteiger partial charge < -0.3 is 10.8 Å². The molecule has 19 heavy (non-hydrogen) atoms. The summed E-state index contributed by atoms with van der Waals surface area (Å²) in [5.41, 5.74) is 6.05.